The zero-order chi connectivity index (χ0) is 19.6. The number of hydrogen-bond donors (Lipinski definition) is 2. The minimum atomic E-state index is -3.67. The molecule has 3 rings (SSSR count). The second-order valence-corrected chi connectivity index (χ2v) is 8.52. The lowest BCUT2D eigenvalue weighted by Crippen LogP contribution is -2.29. The Bertz CT molecular complexity index is 1160. The van der Waals surface area contributed by atoms with Crippen molar-refractivity contribution in [3.8, 4) is 27.6 Å². The predicted octanol–water partition coefficient (Wildman–Crippen LogP) is 3.23. The number of carbonyl (C=O) groups is 1. The quantitative estimate of drug-likeness (QED) is 0.702. The summed E-state index contributed by atoms with van der Waals surface area (Å²) in [7, 11) is -3.67. The van der Waals surface area contributed by atoms with Gasteiger partial charge in [-0.15, -0.1) is 11.3 Å². The Morgan fingerprint density at radius 2 is 1.78 bits per heavy atom. The minimum Gasteiger partial charge on any atom is -0.398 e. The summed E-state index contributed by atoms with van der Waals surface area (Å²) in [6.07, 6.45) is 0.895. The number of carbonyl (C=O) groups excluding carboxylic acids is 1. The Morgan fingerprint density at radius 3 is 2.33 bits per heavy atom. The van der Waals surface area contributed by atoms with Gasteiger partial charge in [0, 0.05) is 5.56 Å². The highest BCUT2D eigenvalue weighted by atomic mass is 32.2. The largest absolute Gasteiger partial charge is 0.398 e. The Kier molecular flexibility index (Phi) is 4.99. The third-order valence-electron chi connectivity index (χ3n) is 3.83. The van der Waals surface area contributed by atoms with E-state index >= 15 is 0 Å². The maximum atomic E-state index is 12.0. The van der Waals surface area contributed by atoms with Gasteiger partial charge in [-0.1, -0.05) is 30.3 Å². The highest BCUT2D eigenvalue weighted by molar-refractivity contribution is 7.89. The summed E-state index contributed by atoms with van der Waals surface area (Å²) >= 11 is 1.55. The Balaban J connectivity index is 1.94. The molecule has 27 heavy (non-hydrogen) atoms. The molecule has 1 amide bonds. The summed E-state index contributed by atoms with van der Waals surface area (Å²) in [6, 6.07) is 16.0. The van der Waals surface area contributed by atoms with E-state index in [4.69, 9.17) is 5.73 Å². The molecule has 8 heteroatoms. The second kappa shape index (κ2) is 7.23. The van der Waals surface area contributed by atoms with Gasteiger partial charge in [-0.25, -0.2) is 13.1 Å². The molecule has 0 aliphatic rings. The maximum Gasteiger partial charge on any atom is 0.264 e. The van der Waals surface area contributed by atoms with Gasteiger partial charge >= 0.3 is 0 Å². The first kappa shape index (κ1) is 18.6. The molecule has 3 N–H and O–H groups in total. The van der Waals surface area contributed by atoms with Crippen LogP contribution in [0.1, 0.15) is 15.9 Å². The van der Waals surface area contributed by atoms with E-state index in [1.165, 1.54) is 12.1 Å². The van der Waals surface area contributed by atoms with E-state index in [0.29, 0.717) is 11.3 Å². The first-order valence-corrected chi connectivity index (χ1v) is 10.6. The van der Waals surface area contributed by atoms with E-state index in [9.17, 15) is 18.5 Å². The van der Waals surface area contributed by atoms with Gasteiger partial charge in [0.1, 0.15) is 0 Å². The number of benzene rings is 2. The fourth-order valence-corrected chi connectivity index (χ4v) is 3.89. The standard InChI is InChI=1S/C19H15N3O3S2/c1-27(24,25)22-19(23)14-6-7-16(15(10-14)11-20)12-2-4-13(5-3-12)18-17(21)8-9-26-18/h2-10H,21H2,1H3,(H,22,23). The summed E-state index contributed by atoms with van der Waals surface area (Å²) in [6.45, 7) is 0. The molecule has 0 atom stereocenters. The van der Waals surface area contributed by atoms with Crippen LogP contribution in [0, 0.1) is 11.3 Å². The van der Waals surface area contributed by atoms with Crippen molar-refractivity contribution in [3.63, 3.8) is 0 Å². The van der Waals surface area contributed by atoms with Crippen molar-refractivity contribution < 1.29 is 13.2 Å². The van der Waals surface area contributed by atoms with Crippen molar-refractivity contribution in [1.29, 1.82) is 5.26 Å². The van der Waals surface area contributed by atoms with Crippen LogP contribution >= 0.6 is 11.3 Å². The molecule has 0 fully saturated rings. The first-order chi connectivity index (χ1) is 12.8. The molecule has 2 aromatic carbocycles. The van der Waals surface area contributed by atoms with E-state index in [1.807, 2.05) is 40.4 Å². The molecule has 0 saturated carbocycles. The number of hydrogen-bond acceptors (Lipinski definition) is 6. The highest BCUT2D eigenvalue weighted by Gasteiger charge is 2.14. The molecule has 1 aromatic heterocycles. The monoisotopic (exact) mass is 397 g/mol. The highest BCUT2D eigenvalue weighted by Crippen LogP contribution is 2.33. The smallest absolute Gasteiger partial charge is 0.264 e. The number of nitriles is 1. The number of nitrogen functional groups attached to an aromatic ring is 1. The number of sulfonamides is 1. The molecule has 136 valence electrons. The average Bonchev–Trinajstić information content (AvgIpc) is 3.06. The predicted molar refractivity (Wildman–Crippen MR) is 107 cm³/mol. The van der Waals surface area contributed by atoms with Crippen LogP contribution in [0.25, 0.3) is 21.6 Å². The topological polar surface area (TPSA) is 113 Å². The second-order valence-electron chi connectivity index (χ2n) is 5.86. The van der Waals surface area contributed by atoms with Gasteiger partial charge in [-0.05, 0) is 40.3 Å². The minimum absolute atomic E-state index is 0.101. The van der Waals surface area contributed by atoms with Gasteiger partial charge < -0.3 is 5.73 Å². The molecule has 0 saturated heterocycles. The average molecular weight is 397 g/mol. The van der Waals surface area contributed by atoms with Crippen molar-refractivity contribution in [2.45, 2.75) is 0 Å². The molecule has 1 heterocycles. The third kappa shape index (κ3) is 4.16. The number of rotatable bonds is 4. The molecular weight excluding hydrogens is 382 g/mol. The van der Waals surface area contributed by atoms with Crippen LogP contribution in [0.3, 0.4) is 0 Å². The van der Waals surface area contributed by atoms with Crippen molar-refractivity contribution in [2.24, 2.45) is 0 Å². The van der Waals surface area contributed by atoms with Crippen LogP contribution < -0.4 is 10.5 Å². The molecule has 3 aromatic rings. The summed E-state index contributed by atoms with van der Waals surface area (Å²) in [5.74, 6) is -0.774. The summed E-state index contributed by atoms with van der Waals surface area (Å²) < 4.78 is 24.3. The molecule has 0 radical (unpaired) electrons. The molecule has 0 spiro atoms. The molecule has 0 aliphatic heterocycles. The fraction of sp³-hybridized carbons (Fsp3) is 0.0526. The summed E-state index contributed by atoms with van der Waals surface area (Å²) in [4.78, 5) is 13.0. The molecule has 0 bridgehead atoms. The maximum absolute atomic E-state index is 12.0. The van der Waals surface area contributed by atoms with Crippen molar-refractivity contribution in [2.75, 3.05) is 12.0 Å². The van der Waals surface area contributed by atoms with Gasteiger partial charge in [0.25, 0.3) is 5.91 Å². The van der Waals surface area contributed by atoms with E-state index < -0.39 is 15.9 Å². The van der Waals surface area contributed by atoms with Crippen LogP contribution in [0.4, 0.5) is 5.69 Å². The fourth-order valence-electron chi connectivity index (χ4n) is 2.61. The van der Waals surface area contributed by atoms with E-state index in [0.717, 1.165) is 22.3 Å². The molecule has 6 nitrogen and oxygen atoms in total. The Morgan fingerprint density at radius 1 is 1.11 bits per heavy atom. The molecule has 0 aliphatic carbocycles. The first-order valence-electron chi connectivity index (χ1n) is 7.78. The van der Waals surface area contributed by atoms with E-state index in [-0.39, 0.29) is 11.1 Å². The van der Waals surface area contributed by atoms with Crippen molar-refractivity contribution >= 4 is 33.0 Å². The molecular formula is C19H15N3O3S2. The number of nitrogens with zero attached hydrogens (tertiary/aromatic N) is 1. The van der Waals surface area contributed by atoms with Crippen LogP contribution in [0.5, 0.6) is 0 Å². The lowest BCUT2D eigenvalue weighted by molar-refractivity contribution is 0.0981. The van der Waals surface area contributed by atoms with Crippen LogP contribution in [-0.4, -0.2) is 20.6 Å². The Labute approximate surface area is 160 Å². The number of nitrogens with two attached hydrogens (primary N) is 1. The zero-order valence-electron chi connectivity index (χ0n) is 14.3. The van der Waals surface area contributed by atoms with Crippen LogP contribution in [0.2, 0.25) is 0 Å². The van der Waals surface area contributed by atoms with Gasteiger partial charge in [0.15, 0.2) is 0 Å². The summed E-state index contributed by atoms with van der Waals surface area (Å²) in [5.41, 5.74) is 9.47. The third-order valence-corrected chi connectivity index (χ3v) is 5.37. The van der Waals surface area contributed by atoms with E-state index in [1.54, 1.807) is 17.4 Å². The van der Waals surface area contributed by atoms with Gasteiger partial charge in [0.05, 0.1) is 28.5 Å². The van der Waals surface area contributed by atoms with Crippen LogP contribution in [0.15, 0.2) is 53.9 Å². The zero-order valence-corrected chi connectivity index (χ0v) is 15.9. The number of amides is 1. The van der Waals surface area contributed by atoms with Crippen LogP contribution in [-0.2, 0) is 10.0 Å². The van der Waals surface area contributed by atoms with Gasteiger partial charge in [0.2, 0.25) is 10.0 Å². The number of nitrogens with one attached hydrogen (secondary N) is 1. The Hall–Kier alpha value is -3.15. The van der Waals surface area contributed by atoms with Crippen molar-refractivity contribution in [1.82, 2.24) is 4.72 Å². The van der Waals surface area contributed by atoms with Gasteiger partial charge in [-0.2, -0.15) is 5.26 Å². The van der Waals surface area contributed by atoms with E-state index in [2.05, 4.69) is 6.07 Å². The molecule has 0 unspecified atom stereocenters. The normalized spacial score (nSPS) is 11.0. The number of anilines is 1. The lowest BCUT2D eigenvalue weighted by Gasteiger charge is -2.09. The number of thiophene rings is 1. The SMILES string of the molecule is CS(=O)(=O)NC(=O)c1ccc(-c2ccc(-c3sccc3N)cc2)c(C#N)c1. The van der Waals surface area contributed by atoms with Gasteiger partial charge in [-0.3, -0.25) is 4.79 Å². The lowest BCUT2D eigenvalue weighted by atomic mass is 9.97. The van der Waals surface area contributed by atoms with Crippen molar-refractivity contribution in [3.05, 3.63) is 65.0 Å². The summed E-state index contributed by atoms with van der Waals surface area (Å²) in [5, 5.41) is 11.4.